The lowest BCUT2D eigenvalue weighted by Gasteiger charge is -1.99. The van der Waals surface area contributed by atoms with Crippen molar-refractivity contribution >= 4 is 17.4 Å². The van der Waals surface area contributed by atoms with Crippen LogP contribution in [0.25, 0.3) is 0 Å². The molecule has 0 saturated heterocycles. The molecule has 0 radical (unpaired) electrons. The van der Waals surface area contributed by atoms with Crippen molar-refractivity contribution in [1.82, 2.24) is 4.98 Å². The summed E-state index contributed by atoms with van der Waals surface area (Å²) in [6.45, 7) is 0. The molecule has 4 heteroatoms. The molecule has 1 rings (SSSR count). The summed E-state index contributed by atoms with van der Waals surface area (Å²) in [6, 6.07) is 2.67. The molecule has 0 saturated carbocycles. The van der Waals surface area contributed by atoms with Gasteiger partial charge in [0.05, 0.1) is 5.02 Å². The van der Waals surface area contributed by atoms with Gasteiger partial charge in [-0.25, -0.2) is 4.98 Å². The summed E-state index contributed by atoms with van der Waals surface area (Å²) in [5.74, 6) is -0.171. The van der Waals surface area contributed by atoms with E-state index in [-0.39, 0.29) is 0 Å². The molecule has 0 spiro atoms. The van der Waals surface area contributed by atoms with Crippen LogP contribution in [0.4, 0.5) is 10.2 Å². The predicted molar refractivity (Wildman–Crippen MR) is 38.8 cm³/mol. The van der Waals surface area contributed by atoms with Gasteiger partial charge in [-0.3, -0.25) is 0 Å². The van der Waals surface area contributed by atoms with Crippen molar-refractivity contribution in [3.05, 3.63) is 23.1 Å². The van der Waals surface area contributed by atoms with Crippen LogP contribution in [0.5, 0.6) is 0 Å². The van der Waals surface area contributed by atoms with E-state index >= 15 is 0 Å². The first-order valence-corrected chi connectivity index (χ1v) is 3.11. The van der Waals surface area contributed by atoms with Crippen molar-refractivity contribution in [1.29, 1.82) is 0 Å². The Morgan fingerprint density at radius 2 is 2.30 bits per heavy atom. The highest BCUT2D eigenvalue weighted by molar-refractivity contribution is 6.32. The summed E-state index contributed by atoms with van der Waals surface area (Å²) in [4.78, 5) is 3.48. The first kappa shape index (κ1) is 7.28. The number of rotatable bonds is 1. The van der Waals surface area contributed by atoms with Gasteiger partial charge < -0.3 is 5.32 Å². The van der Waals surface area contributed by atoms with E-state index in [1.165, 1.54) is 12.1 Å². The van der Waals surface area contributed by atoms with E-state index in [1.54, 1.807) is 7.05 Å². The number of anilines is 1. The van der Waals surface area contributed by atoms with Gasteiger partial charge in [-0.05, 0) is 12.1 Å². The third-order valence-electron chi connectivity index (χ3n) is 1.05. The van der Waals surface area contributed by atoms with Gasteiger partial charge in [-0.1, -0.05) is 11.6 Å². The van der Waals surface area contributed by atoms with Crippen molar-refractivity contribution in [3.8, 4) is 0 Å². The Labute approximate surface area is 63.0 Å². The standard InChI is InChI=1S/C6H6ClFN2/c1-9-6-4(7)2-3-5(8)10-6/h2-3H,1H3,(H,9,10). The average Bonchev–Trinajstić information content (AvgIpc) is 1.94. The van der Waals surface area contributed by atoms with E-state index in [0.717, 1.165) is 0 Å². The number of pyridine rings is 1. The quantitative estimate of drug-likeness (QED) is 0.635. The van der Waals surface area contributed by atoms with E-state index < -0.39 is 5.95 Å². The summed E-state index contributed by atoms with van der Waals surface area (Å²) in [5, 5.41) is 3.07. The lowest BCUT2D eigenvalue weighted by molar-refractivity contribution is 0.585. The Hall–Kier alpha value is -0.830. The number of hydrogen-bond donors (Lipinski definition) is 1. The molecule has 1 heterocycles. The Morgan fingerprint density at radius 3 is 2.80 bits per heavy atom. The van der Waals surface area contributed by atoms with Crippen molar-refractivity contribution < 1.29 is 4.39 Å². The van der Waals surface area contributed by atoms with Gasteiger partial charge in [-0.2, -0.15) is 4.39 Å². The first-order chi connectivity index (χ1) is 4.74. The van der Waals surface area contributed by atoms with E-state index in [2.05, 4.69) is 10.3 Å². The lowest BCUT2D eigenvalue weighted by Crippen LogP contribution is -1.94. The van der Waals surface area contributed by atoms with Crippen LogP contribution < -0.4 is 5.32 Å². The predicted octanol–water partition coefficient (Wildman–Crippen LogP) is 1.92. The van der Waals surface area contributed by atoms with Crippen LogP contribution in [0.15, 0.2) is 12.1 Å². The molecule has 0 aliphatic rings. The third kappa shape index (κ3) is 1.36. The first-order valence-electron chi connectivity index (χ1n) is 2.74. The molecule has 1 aromatic heterocycles. The van der Waals surface area contributed by atoms with E-state index in [9.17, 15) is 4.39 Å². The average molecular weight is 161 g/mol. The minimum absolute atomic E-state index is 0.363. The zero-order chi connectivity index (χ0) is 7.56. The number of halogens is 2. The van der Waals surface area contributed by atoms with Gasteiger partial charge in [-0.15, -0.1) is 0 Å². The Balaban J connectivity index is 3.09. The second-order valence-electron chi connectivity index (χ2n) is 1.71. The Morgan fingerprint density at radius 1 is 1.60 bits per heavy atom. The normalized spacial score (nSPS) is 9.50. The van der Waals surface area contributed by atoms with Gasteiger partial charge in [0, 0.05) is 7.05 Å². The molecule has 0 amide bonds. The molecule has 0 aliphatic carbocycles. The fourth-order valence-electron chi connectivity index (χ4n) is 0.594. The Bertz CT molecular complexity index is 239. The molecule has 2 nitrogen and oxygen atoms in total. The van der Waals surface area contributed by atoms with Crippen LogP contribution in [0.2, 0.25) is 5.02 Å². The summed E-state index contributed by atoms with van der Waals surface area (Å²) in [7, 11) is 1.63. The van der Waals surface area contributed by atoms with E-state index in [4.69, 9.17) is 11.6 Å². The minimum atomic E-state index is -0.534. The van der Waals surface area contributed by atoms with Crippen molar-refractivity contribution in [2.45, 2.75) is 0 Å². The summed E-state index contributed by atoms with van der Waals surface area (Å²) < 4.78 is 12.3. The molecule has 0 fully saturated rings. The molecule has 0 unspecified atom stereocenters. The molecule has 0 aromatic carbocycles. The van der Waals surface area contributed by atoms with Crippen LogP contribution in [-0.4, -0.2) is 12.0 Å². The highest BCUT2D eigenvalue weighted by atomic mass is 35.5. The molecule has 0 atom stereocenters. The summed E-state index contributed by atoms with van der Waals surface area (Å²) in [5.41, 5.74) is 0. The molecular formula is C6H6ClFN2. The molecule has 1 N–H and O–H groups in total. The maximum absolute atomic E-state index is 12.3. The molecule has 54 valence electrons. The van der Waals surface area contributed by atoms with E-state index in [0.29, 0.717) is 10.8 Å². The third-order valence-corrected chi connectivity index (χ3v) is 1.35. The monoisotopic (exact) mass is 160 g/mol. The van der Waals surface area contributed by atoms with Crippen molar-refractivity contribution in [2.24, 2.45) is 0 Å². The topological polar surface area (TPSA) is 24.9 Å². The van der Waals surface area contributed by atoms with Crippen molar-refractivity contribution in [2.75, 3.05) is 12.4 Å². The number of nitrogens with one attached hydrogen (secondary N) is 1. The minimum Gasteiger partial charge on any atom is -0.372 e. The summed E-state index contributed by atoms with van der Waals surface area (Å²) >= 11 is 5.60. The van der Waals surface area contributed by atoms with Crippen LogP contribution >= 0.6 is 11.6 Å². The van der Waals surface area contributed by atoms with Crippen molar-refractivity contribution in [3.63, 3.8) is 0 Å². The Kier molecular flexibility index (Phi) is 2.06. The van der Waals surface area contributed by atoms with Crippen LogP contribution in [0, 0.1) is 5.95 Å². The molecule has 0 bridgehead atoms. The highest BCUT2D eigenvalue weighted by Gasteiger charge is 1.99. The van der Waals surface area contributed by atoms with Crippen LogP contribution in [0.3, 0.4) is 0 Å². The van der Waals surface area contributed by atoms with Gasteiger partial charge in [0.25, 0.3) is 0 Å². The number of aromatic nitrogens is 1. The SMILES string of the molecule is CNc1nc(F)ccc1Cl. The lowest BCUT2D eigenvalue weighted by atomic mass is 10.4. The maximum Gasteiger partial charge on any atom is 0.214 e. The van der Waals surface area contributed by atoms with E-state index in [1.807, 2.05) is 0 Å². The van der Waals surface area contributed by atoms with Gasteiger partial charge >= 0.3 is 0 Å². The molecule has 0 aliphatic heterocycles. The smallest absolute Gasteiger partial charge is 0.214 e. The van der Waals surface area contributed by atoms with Crippen LogP contribution in [0.1, 0.15) is 0 Å². The summed E-state index contributed by atoms with van der Waals surface area (Å²) in [6.07, 6.45) is 0. The maximum atomic E-state index is 12.3. The molecule has 10 heavy (non-hydrogen) atoms. The van der Waals surface area contributed by atoms with Gasteiger partial charge in [0.1, 0.15) is 5.82 Å². The molecule has 1 aromatic rings. The van der Waals surface area contributed by atoms with Crippen LogP contribution in [-0.2, 0) is 0 Å². The fourth-order valence-corrected chi connectivity index (χ4v) is 0.793. The van der Waals surface area contributed by atoms with Gasteiger partial charge in [0.15, 0.2) is 0 Å². The zero-order valence-corrected chi connectivity index (χ0v) is 6.11. The second kappa shape index (κ2) is 2.84. The second-order valence-corrected chi connectivity index (χ2v) is 2.12. The molecular weight excluding hydrogens is 155 g/mol. The number of nitrogens with zero attached hydrogens (tertiary/aromatic N) is 1. The number of hydrogen-bond acceptors (Lipinski definition) is 2. The fraction of sp³-hybridized carbons (Fsp3) is 0.167. The largest absolute Gasteiger partial charge is 0.372 e. The van der Waals surface area contributed by atoms with Gasteiger partial charge in [0.2, 0.25) is 5.95 Å². The highest BCUT2D eigenvalue weighted by Crippen LogP contribution is 2.17. The zero-order valence-electron chi connectivity index (χ0n) is 5.36.